The summed E-state index contributed by atoms with van der Waals surface area (Å²) in [5.41, 5.74) is -0.794. The van der Waals surface area contributed by atoms with Crippen molar-refractivity contribution in [2.24, 2.45) is 5.41 Å². The van der Waals surface area contributed by atoms with E-state index in [1.54, 1.807) is 4.90 Å². The van der Waals surface area contributed by atoms with Gasteiger partial charge >= 0.3 is 0 Å². The maximum atomic E-state index is 12.6. The van der Waals surface area contributed by atoms with E-state index < -0.39 is 5.60 Å². The summed E-state index contributed by atoms with van der Waals surface area (Å²) in [6.45, 7) is 2.62. The number of nitrogens with zero attached hydrogens (tertiary/aromatic N) is 1. The van der Waals surface area contributed by atoms with Crippen molar-refractivity contribution < 1.29 is 9.90 Å². The van der Waals surface area contributed by atoms with E-state index in [9.17, 15) is 9.90 Å². The first-order valence-corrected chi connectivity index (χ1v) is 7.43. The molecular weight excluding hydrogens is 226 g/mol. The molecule has 0 aromatic rings. The molecule has 3 nitrogen and oxygen atoms in total. The van der Waals surface area contributed by atoms with Gasteiger partial charge in [-0.05, 0) is 25.7 Å². The van der Waals surface area contributed by atoms with E-state index in [1.807, 2.05) is 7.05 Å². The number of carbonyl (C=O) groups is 1. The summed E-state index contributed by atoms with van der Waals surface area (Å²) in [6, 6.07) is 0. The lowest BCUT2D eigenvalue weighted by molar-refractivity contribution is -0.145. The van der Waals surface area contributed by atoms with E-state index in [0.717, 1.165) is 38.5 Å². The molecule has 2 fully saturated rings. The summed E-state index contributed by atoms with van der Waals surface area (Å²) in [6.07, 6.45) is 9.49. The van der Waals surface area contributed by atoms with Crippen molar-refractivity contribution in [3.8, 4) is 0 Å². The zero-order chi connectivity index (χ0) is 13.2. The fourth-order valence-electron chi connectivity index (χ4n) is 3.71. The Bertz CT molecular complexity index is 302. The van der Waals surface area contributed by atoms with Crippen LogP contribution in [0.4, 0.5) is 0 Å². The van der Waals surface area contributed by atoms with Crippen LogP contribution in [0, 0.1) is 5.41 Å². The molecule has 18 heavy (non-hydrogen) atoms. The average Bonchev–Trinajstić information content (AvgIpc) is 2.75. The van der Waals surface area contributed by atoms with Crippen LogP contribution in [0.1, 0.15) is 64.7 Å². The Morgan fingerprint density at radius 2 is 1.56 bits per heavy atom. The minimum atomic E-state index is -0.616. The molecule has 104 valence electrons. The molecule has 1 amide bonds. The highest BCUT2D eigenvalue weighted by Crippen LogP contribution is 2.38. The van der Waals surface area contributed by atoms with Crippen LogP contribution in [0.3, 0.4) is 0 Å². The van der Waals surface area contributed by atoms with Crippen molar-refractivity contribution in [3.05, 3.63) is 0 Å². The highest BCUT2D eigenvalue weighted by Gasteiger charge is 2.40. The van der Waals surface area contributed by atoms with Gasteiger partial charge in [0.15, 0.2) is 0 Å². The Morgan fingerprint density at radius 1 is 1.06 bits per heavy atom. The highest BCUT2D eigenvalue weighted by atomic mass is 16.3. The SMILES string of the molecule is CN(CC1(O)CCCC1)C(=O)C1(C)CCCCC1. The zero-order valence-corrected chi connectivity index (χ0v) is 11.9. The standard InChI is InChI=1S/C15H27NO2/c1-14(8-4-3-5-9-14)13(17)16(2)12-15(18)10-6-7-11-15/h18H,3-12H2,1-2H3. The van der Waals surface area contributed by atoms with Gasteiger partial charge in [-0.3, -0.25) is 4.79 Å². The van der Waals surface area contributed by atoms with Crippen LogP contribution in [0.25, 0.3) is 0 Å². The predicted octanol–water partition coefficient (Wildman–Crippen LogP) is 2.72. The van der Waals surface area contributed by atoms with Crippen LogP contribution in [-0.4, -0.2) is 35.1 Å². The zero-order valence-electron chi connectivity index (χ0n) is 11.9. The van der Waals surface area contributed by atoms with Gasteiger partial charge in [0, 0.05) is 19.0 Å². The molecule has 2 aliphatic carbocycles. The van der Waals surface area contributed by atoms with Crippen molar-refractivity contribution in [1.29, 1.82) is 0 Å². The number of amides is 1. The Labute approximate surface area is 111 Å². The van der Waals surface area contributed by atoms with Crippen LogP contribution in [-0.2, 0) is 4.79 Å². The lowest BCUT2D eigenvalue weighted by Gasteiger charge is -2.38. The lowest BCUT2D eigenvalue weighted by Crippen LogP contribution is -2.48. The van der Waals surface area contributed by atoms with Gasteiger partial charge in [-0.25, -0.2) is 0 Å². The van der Waals surface area contributed by atoms with E-state index in [1.165, 1.54) is 19.3 Å². The van der Waals surface area contributed by atoms with E-state index in [2.05, 4.69) is 6.92 Å². The van der Waals surface area contributed by atoms with Crippen molar-refractivity contribution >= 4 is 5.91 Å². The molecule has 0 unspecified atom stereocenters. The second-order valence-corrected chi connectivity index (χ2v) is 6.71. The van der Waals surface area contributed by atoms with E-state index >= 15 is 0 Å². The fourth-order valence-corrected chi connectivity index (χ4v) is 3.71. The Kier molecular flexibility index (Phi) is 4.00. The fraction of sp³-hybridized carbons (Fsp3) is 0.933. The molecular formula is C15H27NO2. The number of carbonyl (C=O) groups excluding carboxylic acids is 1. The molecule has 2 saturated carbocycles. The average molecular weight is 253 g/mol. The molecule has 0 bridgehead atoms. The van der Waals surface area contributed by atoms with Gasteiger partial charge in [0.05, 0.1) is 5.60 Å². The van der Waals surface area contributed by atoms with Crippen LogP contribution < -0.4 is 0 Å². The quantitative estimate of drug-likeness (QED) is 0.840. The van der Waals surface area contributed by atoms with Crippen LogP contribution >= 0.6 is 0 Å². The topological polar surface area (TPSA) is 40.5 Å². The first-order chi connectivity index (χ1) is 8.45. The Morgan fingerprint density at radius 3 is 2.11 bits per heavy atom. The van der Waals surface area contributed by atoms with E-state index in [0.29, 0.717) is 6.54 Å². The molecule has 0 radical (unpaired) electrons. The molecule has 0 spiro atoms. The van der Waals surface area contributed by atoms with Gasteiger partial charge < -0.3 is 10.0 Å². The number of hydrogen-bond donors (Lipinski definition) is 1. The van der Waals surface area contributed by atoms with Crippen molar-refractivity contribution in [1.82, 2.24) is 4.90 Å². The van der Waals surface area contributed by atoms with Crippen molar-refractivity contribution in [2.45, 2.75) is 70.3 Å². The molecule has 3 heteroatoms. The smallest absolute Gasteiger partial charge is 0.228 e. The largest absolute Gasteiger partial charge is 0.388 e. The minimum absolute atomic E-state index is 0.179. The Balaban J connectivity index is 1.95. The molecule has 0 saturated heterocycles. The maximum Gasteiger partial charge on any atom is 0.228 e. The minimum Gasteiger partial charge on any atom is -0.388 e. The van der Waals surface area contributed by atoms with Gasteiger partial charge in [0.25, 0.3) is 0 Å². The maximum absolute atomic E-state index is 12.6. The normalized spacial score (nSPS) is 25.9. The second-order valence-electron chi connectivity index (χ2n) is 6.71. The highest BCUT2D eigenvalue weighted by molar-refractivity contribution is 5.82. The molecule has 0 aromatic heterocycles. The summed E-state index contributed by atoms with van der Waals surface area (Å²) in [5, 5.41) is 10.4. The summed E-state index contributed by atoms with van der Waals surface area (Å²) >= 11 is 0. The van der Waals surface area contributed by atoms with Crippen LogP contribution in [0.2, 0.25) is 0 Å². The number of aliphatic hydroxyl groups is 1. The summed E-state index contributed by atoms with van der Waals surface area (Å²) in [4.78, 5) is 14.4. The van der Waals surface area contributed by atoms with Gasteiger partial charge in [-0.2, -0.15) is 0 Å². The molecule has 2 rings (SSSR count). The molecule has 1 N–H and O–H groups in total. The van der Waals surface area contributed by atoms with Crippen molar-refractivity contribution in [2.75, 3.05) is 13.6 Å². The summed E-state index contributed by atoms with van der Waals surface area (Å²) < 4.78 is 0. The first-order valence-electron chi connectivity index (χ1n) is 7.43. The molecule has 0 heterocycles. The number of likely N-dealkylation sites (N-methyl/N-ethyl adjacent to an activating group) is 1. The third-order valence-electron chi connectivity index (χ3n) is 4.89. The first kappa shape index (κ1) is 13.9. The van der Waals surface area contributed by atoms with Gasteiger partial charge in [0.2, 0.25) is 5.91 Å². The third kappa shape index (κ3) is 2.87. The molecule has 2 aliphatic rings. The van der Waals surface area contributed by atoms with Crippen LogP contribution in [0.5, 0.6) is 0 Å². The Hall–Kier alpha value is -0.570. The van der Waals surface area contributed by atoms with E-state index in [4.69, 9.17) is 0 Å². The van der Waals surface area contributed by atoms with Gasteiger partial charge in [-0.1, -0.05) is 39.0 Å². The van der Waals surface area contributed by atoms with E-state index in [-0.39, 0.29) is 11.3 Å². The van der Waals surface area contributed by atoms with Gasteiger partial charge in [0.1, 0.15) is 0 Å². The van der Waals surface area contributed by atoms with Crippen LogP contribution in [0.15, 0.2) is 0 Å². The third-order valence-corrected chi connectivity index (χ3v) is 4.89. The van der Waals surface area contributed by atoms with Gasteiger partial charge in [-0.15, -0.1) is 0 Å². The summed E-state index contributed by atoms with van der Waals surface area (Å²) in [7, 11) is 1.86. The molecule has 0 aliphatic heterocycles. The van der Waals surface area contributed by atoms with Crippen molar-refractivity contribution in [3.63, 3.8) is 0 Å². The second kappa shape index (κ2) is 5.20. The predicted molar refractivity (Wildman–Crippen MR) is 72.2 cm³/mol. The number of hydrogen-bond acceptors (Lipinski definition) is 2. The number of rotatable bonds is 3. The lowest BCUT2D eigenvalue weighted by atomic mass is 9.74. The summed E-state index contributed by atoms with van der Waals surface area (Å²) in [5.74, 6) is 0.238. The molecule has 0 aromatic carbocycles. The monoisotopic (exact) mass is 253 g/mol. The molecule has 0 atom stereocenters.